The number of fused-ring (bicyclic) bond motifs is 1. The third-order valence-corrected chi connectivity index (χ3v) is 4.88. The van der Waals surface area contributed by atoms with E-state index in [4.69, 9.17) is 14.9 Å². The maximum Gasteiger partial charge on any atom is 0.328 e. The minimum Gasteiger partial charge on any atom is -0.504 e. The fourth-order valence-corrected chi connectivity index (χ4v) is 3.15. The van der Waals surface area contributed by atoms with E-state index in [9.17, 15) is 24.9 Å². The average molecular weight is 417 g/mol. The Hall–Kier alpha value is -3.17. The lowest BCUT2D eigenvalue weighted by Gasteiger charge is -2.11. The normalized spacial score (nSPS) is 12.1. The van der Waals surface area contributed by atoms with Crippen LogP contribution in [0.25, 0.3) is 22.3 Å². The van der Waals surface area contributed by atoms with Crippen molar-refractivity contribution < 1.29 is 29.3 Å². The molecule has 0 spiro atoms. The number of hydrogen-bond acceptors (Lipinski definition) is 9. The maximum atomic E-state index is 12.3. The molecule has 0 radical (unpaired) electrons. The van der Waals surface area contributed by atoms with Crippen LogP contribution in [0.15, 0.2) is 45.6 Å². The number of phenols is 3. The van der Waals surface area contributed by atoms with Crippen molar-refractivity contribution >= 4 is 28.7 Å². The molecule has 1 atom stereocenters. The molecular formula is C20H19NO7S. The molecule has 8 nitrogen and oxygen atoms in total. The zero-order chi connectivity index (χ0) is 21.1. The van der Waals surface area contributed by atoms with E-state index < -0.39 is 34.7 Å². The molecule has 3 aromatic rings. The Bertz CT molecular complexity index is 1110. The van der Waals surface area contributed by atoms with Gasteiger partial charge in [0.05, 0.1) is 0 Å². The fourth-order valence-electron chi connectivity index (χ4n) is 2.66. The first-order chi connectivity index (χ1) is 13.8. The number of ether oxygens (including phenoxy) is 1. The number of nitrogens with two attached hydrogens (primary N) is 1. The van der Waals surface area contributed by atoms with Crippen molar-refractivity contribution in [1.29, 1.82) is 0 Å². The zero-order valence-corrected chi connectivity index (χ0v) is 16.2. The smallest absolute Gasteiger partial charge is 0.328 e. The number of esters is 1. The van der Waals surface area contributed by atoms with Crippen molar-refractivity contribution in [3.8, 4) is 34.3 Å². The Labute approximate surface area is 169 Å². The number of carbonyl (C=O) groups excluding carboxylic acids is 1. The van der Waals surface area contributed by atoms with E-state index in [0.29, 0.717) is 17.7 Å². The predicted molar refractivity (Wildman–Crippen MR) is 110 cm³/mol. The van der Waals surface area contributed by atoms with Crippen molar-refractivity contribution in [2.24, 2.45) is 5.73 Å². The zero-order valence-electron chi connectivity index (χ0n) is 15.4. The molecule has 152 valence electrons. The van der Waals surface area contributed by atoms with Gasteiger partial charge in [-0.05, 0) is 42.7 Å². The third kappa shape index (κ3) is 4.30. The minimum absolute atomic E-state index is 0.0874. The summed E-state index contributed by atoms with van der Waals surface area (Å²) in [7, 11) is 0. The molecule has 0 aliphatic rings. The van der Waals surface area contributed by atoms with Crippen molar-refractivity contribution in [3.63, 3.8) is 0 Å². The van der Waals surface area contributed by atoms with Crippen molar-refractivity contribution in [2.75, 3.05) is 12.0 Å². The van der Waals surface area contributed by atoms with Crippen molar-refractivity contribution in [1.82, 2.24) is 0 Å². The summed E-state index contributed by atoms with van der Waals surface area (Å²) in [6.45, 7) is 0. The molecule has 0 bridgehead atoms. The van der Waals surface area contributed by atoms with Gasteiger partial charge in [0.25, 0.3) is 0 Å². The fraction of sp³-hybridized carbons (Fsp3) is 0.200. The third-order valence-electron chi connectivity index (χ3n) is 4.24. The Morgan fingerprint density at radius 3 is 2.52 bits per heavy atom. The summed E-state index contributed by atoms with van der Waals surface area (Å²) in [5, 5.41) is 28.8. The lowest BCUT2D eigenvalue weighted by molar-refractivity contribution is -0.135. The number of aromatic hydroxyl groups is 3. The standard InChI is InChI=1S/C20H19NO7S/c1-29-7-6-12(21)20(26)27-11-4-2-10(3-5-11)15-8-13(22)17-16(28-15)9-14(23)18(24)19(17)25/h2-5,8-9,12,23-25H,6-7,21H2,1H3/t12-/m0/s1. The largest absolute Gasteiger partial charge is 0.504 e. The molecule has 0 saturated carbocycles. The van der Waals surface area contributed by atoms with Gasteiger partial charge in [-0.15, -0.1) is 0 Å². The van der Waals surface area contributed by atoms with Crippen LogP contribution < -0.4 is 15.9 Å². The molecule has 0 aliphatic heterocycles. The highest BCUT2D eigenvalue weighted by Crippen LogP contribution is 2.40. The SMILES string of the molecule is CSCC[C@H](N)C(=O)Oc1ccc(-c2cc(=O)c3c(O)c(O)c(O)cc3o2)cc1. The van der Waals surface area contributed by atoms with Gasteiger partial charge in [0, 0.05) is 17.7 Å². The number of carbonyl (C=O) groups is 1. The summed E-state index contributed by atoms with van der Waals surface area (Å²) in [4.78, 5) is 24.3. The molecule has 0 saturated heterocycles. The lowest BCUT2D eigenvalue weighted by atomic mass is 10.1. The van der Waals surface area contributed by atoms with E-state index in [2.05, 4.69) is 0 Å². The molecule has 29 heavy (non-hydrogen) atoms. The van der Waals surface area contributed by atoms with Crippen LogP contribution in [0, 0.1) is 0 Å². The van der Waals surface area contributed by atoms with Crippen LogP contribution in [-0.4, -0.2) is 39.3 Å². The topological polar surface area (TPSA) is 143 Å². The predicted octanol–water partition coefficient (Wildman–Crippen LogP) is 2.56. The highest BCUT2D eigenvalue weighted by Gasteiger charge is 2.18. The van der Waals surface area contributed by atoms with E-state index in [1.54, 1.807) is 23.9 Å². The summed E-state index contributed by atoms with van der Waals surface area (Å²) in [6, 6.07) is 7.71. The van der Waals surface area contributed by atoms with Crippen LogP contribution in [0.5, 0.6) is 23.0 Å². The molecule has 2 aromatic carbocycles. The highest BCUT2D eigenvalue weighted by molar-refractivity contribution is 7.98. The van der Waals surface area contributed by atoms with Crippen LogP contribution in [0.1, 0.15) is 6.42 Å². The van der Waals surface area contributed by atoms with Crippen molar-refractivity contribution in [3.05, 3.63) is 46.6 Å². The van der Waals surface area contributed by atoms with Gasteiger partial charge in [0.15, 0.2) is 16.9 Å². The first kappa shape index (κ1) is 20.6. The van der Waals surface area contributed by atoms with Gasteiger partial charge in [-0.2, -0.15) is 11.8 Å². The molecule has 0 aliphatic carbocycles. The van der Waals surface area contributed by atoms with E-state index >= 15 is 0 Å². The van der Waals surface area contributed by atoms with Crippen LogP contribution in [-0.2, 0) is 4.79 Å². The highest BCUT2D eigenvalue weighted by atomic mass is 32.2. The van der Waals surface area contributed by atoms with Crippen LogP contribution in [0.3, 0.4) is 0 Å². The Kier molecular flexibility index (Phi) is 6.00. The summed E-state index contributed by atoms with van der Waals surface area (Å²) in [6.07, 6.45) is 2.43. The lowest BCUT2D eigenvalue weighted by Crippen LogP contribution is -2.34. The van der Waals surface area contributed by atoms with Crippen LogP contribution in [0.4, 0.5) is 0 Å². The number of thioether (sulfide) groups is 1. The monoisotopic (exact) mass is 417 g/mol. The van der Waals surface area contributed by atoms with Crippen LogP contribution >= 0.6 is 11.8 Å². The first-order valence-electron chi connectivity index (χ1n) is 8.60. The van der Waals surface area contributed by atoms with Gasteiger partial charge in [-0.1, -0.05) is 0 Å². The molecule has 9 heteroatoms. The second-order valence-electron chi connectivity index (χ2n) is 6.27. The van der Waals surface area contributed by atoms with Crippen LogP contribution in [0.2, 0.25) is 0 Å². The van der Waals surface area contributed by atoms with Gasteiger partial charge in [-0.25, -0.2) is 4.79 Å². The van der Waals surface area contributed by atoms with Crippen molar-refractivity contribution in [2.45, 2.75) is 12.5 Å². The van der Waals surface area contributed by atoms with E-state index in [1.165, 1.54) is 12.1 Å². The molecule has 5 N–H and O–H groups in total. The van der Waals surface area contributed by atoms with E-state index in [1.807, 2.05) is 6.26 Å². The molecule has 0 fully saturated rings. The minimum atomic E-state index is -0.792. The summed E-state index contributed by atoms with van der Waals surface area (Å²) in [5.74, 6) is -1.48. The number of phenolic OH excluding ortho intramolecular Hbond substituents is 3. The maximum absolute atomic E-state index is 12.3. The Morgan fingerprint density at radius 1 is 1.17 bits per heavy atom. The molecular weight excluding hydrogens is 398 g/mol. The Morgan fingerprint density at radius 2 is 1.86 bits per heavy atom. The average Bonchev–Trinajstić information content (AvgIpc) is 2.70. The van der Waals surface area contributed by atoms with E-state index in [0.717, 1.165) is 17.9 Å². The number of rotatable bonds is 6. The number of hydrogen-bond donors (Lipinski definition) is 4. The summed E-state index contributed by atoms with van der Waals surface area (Å²) >= 11 is 1.59. The number of benzene rings is 2. The molecule has 1 aromatic heterocycles. The van der Waals surface area contributed by atoms with Gasteiger partial charge in [0.1, 0.15) is 28.5 Å². The summed E-state index contributed by atoms with van der Waals surface area (Å²) in [5.41, 5.74) is 5.60. The van der Waals surface area contributed by atoms with Gasteiger partial charge in [-0.3, -0.25) is 4.79 Å². The summed E-state index contributed by atoms with van der Waals surface area (Å²) < 4.78 is 10.8. The molecule has 0 unspecified atom stereocenters. The van der Waals surface area contributed by atoms with E-state index in [-0.39, 0.29) is 16.7 Å². The van der Waals surface area contributed by atoms with Gasteiger partial charge < -0.3 is 30.2 Å². The quantitative estimate of drug-likeness (QED) is 0.270. The second-order valence-corrected chi connectivity index (χ2v) is 7.26. The first-order valence-corrected chi connectivity index (χ1v) is 9.99. The van der Waals surface area contributed by atoms with Gasteiger partial charge in [0.2, 0.25) is 5.75 Å². The molecule has 1 heterocycles. The Balaban J connectivity index is 1.86. The molecule has 3 rings (SSSR count). The molecule has 0 amide bonds. The van der Waals surface area contributed by atoms with Gasteiger partial charge >= 0.3 is 5.97 Å². The second kappa shape index (κ2) is 8.46.